The summed E-state index contributed by atoms with van der Waals surface area (Å²) in [7, 11) is 3.35. The lowest BCUT2D eigenvalue weighted by Crippen LogP contribution is -2.34. The number of ether oxygens (including phenoxy) is 2. The number of nitrogens with one attached hydrogen (secondary N) is 1. The van der Waals surface area contributed by atoms with Gasteiger partial charge in [0.2, 0.25) is 0 Å². The van der Waals surface area contributed by atoms with Gasteiger partial charge in [0.1, 0.15) is 0 Å². The molecule has 1 saturated carbocycles. The summed E-state index contributed by atoms with van der Waals surface area (Å²) < 4.78 is 10.7. The van der Waals surface area contributed by atoms with E-state index in [2.05, 4.69) is 38.2 Å². The van der Waals surface area contributed by atoms with E-state index >= 15 is 0 Å². The third kappa shape index (κ3) is 3.09. The molecule has 0 radical (unpaired) electrons. The Morgan fingerprint density at radius 3 is 2.35 bits per heavy atom. The Kier molecular flexibility index (Phi) is 4.92. The van der Waals surface area contributed by atoms with Gasteiger partial charge >= 0.3 is 0 Å². The Balaban J connectivity index is 2.07. The Morgan fingerprint density at radius 1 is 1.10 bits per heavy atom. The van der Waals surface area contributed by atoms with Crippen molar-refractivity contribution >= 4 is 0 Å². The molecule has 0 heterocycles. The Hall–Kier alpha value is -1.22. The summed E-state index contributed by atoms with van der Waals surface area (Å²) in [6.07, 6.45) is 2.61. The molecule has 3 heteroatoms. The third-order valence-electron chi connectivity index (χ3n) is 4.84. The van der Waals surface area contributed by atoms with Crippen LogP contribution in [0.15, 0.2) is 18.2 Å². The molecule has 0 saturated heterocycles. The number of rotatable bonds is 5. The summed E-state index contributed by atoms with van der Waals surface area (Å²) in [5.74, 6) is 3.15. The summed E-state index contributed by atoms with van der Waals surface area (Å²) >= 11 is 0. The monoisotopic (exact) mass is 277 g/mol. The summed E-state index contributed by atoms with van der Waals surface area (Å²) in [5, 5.41) is 3.77. The lowest BCUT2D eigenvalue weighted by molar-refractivity contribution is 0.342. The van der Waals surface area contributed by atoms with Crippen molar-refractivity contribution in [2.24, 2.45) is 11.8 Å². The SMILES string of the molecule is COc1ccc(C(C)NC2CCC(C)C2C)cc1OC. The number of methoxy groups -OCH3 is 2. The third-order valence-corrected chi connectivity index (χ3v) is 4.84. The zero-order valence-electron chi connectivity index (χ0n) is 13.3. The van der Waals surface area contributed by atoms with E-state index in [0.29, 0.717) is 12.1 Å². The second-order valence-corrected chi connectivity index (χ2v) is 6.02. The minimum atomic E-state index is 0.326. The fraction of sp³-hybridized carbons (Fsp3) is 0.647. The van der Waals surface area contributed by atoms with E-state index in [-0.39, 0.29) is 0 Å². The highest BCUT2D eigenvalue weighted by atomic mass is 16.5. The van der Waals surface area contributed by atoms with Crippen LogP contribution in [0.3, 0.4) is 0 Å². The summed E-state index contributed by atoms with van der Waals surface area (Å²) in [6.45, 7) is 6.93. The van der Waals surface area contributed by atoms with Gasteiger partial charge in [-0.1, -0.05) is 19.9 Å². The molecule has 0 aliphatic heterocycles. The smallest absolute Gasteiger partial charge is 0.161 e. The normalized spacial score (nSPS) is 27.4. The van der Waals surface area contributed by atoms with Gasteiger partial charge in [-0.25, -0.2) is 0 Å². The molecule has 1 aromatic carbocycles. The molecule has 0 spiro atoms. The van der Waals surface area contributed by atoms with Crippen LogP contribution in [-0.2, 0) is 0 Å². The van der Waals surface area contributed by atoms with Crippen molar-refractivity contribution in [3.05, 3.63) is 23.8 Å². The van der Waals surface area contributed by atoms with Crippen molar-refractivity contribution in [3.8, 4) is 11.5 Å². The maximum atomic E-state index is 5.38. The quantitative estimate of drug-likeness (QED) is 0.888. The molecule has 3 nitrogen and oxygen atoms in total. The van der Waals surface area contributed by atoms with Crippen LogP contribution >= 0.6 is 0 Å². The van der Waals surface area contributed by atoms with E-state index in [1.807, 2.05) is 6.07 Å². The molecule has 4 atom stereocenters. The maximum absolute atomic E-state index is 5.38. The first kappa shape index (κ1) is 15.2. The maximum Gasteiger partial charge on any atom is 0.161 e. The molecule has 20 heavy (non-hydrogen) atoms. The van der Waals surface area contributed by atoms with Gasteiger partial charge in [-0.05, 0) is 49.3 Å². The van der Waals surface area contributed by atoms with Gasteiger partial charge in [-0.3, -0.25) is 0 Å². The van der Waals surface area contributed by atoms with Crippen LogP contribution in [0.4, 0.5) is 0 Å². The highest BCUT2D eigenvalue weighted by Gasteiger charge is 2.30. The Bertz CT molecular complexity index is 447. The predicted molar refractivity (Wildman–Crippen MR) is 82.4 cm³/mol. The highest BCUT2D eigenvalue weighted by molar-refractivity contribution is 5.43. The van der Waals surface area contributed by atoms with Crippen molar-refractivity contribution in [2.75, 3.05) is 14.2 Å². The van der Waals surface area contributed by atoms with E-state index in [4.69, 9.17) is 9.47 Å². The fourth-order valence-corrected chi connectivity index (χ4v) is 3.14. The van der Waals surface area contributed by atoms with Crippen LogP contribution in [0.2, 0.25) is 0 Å². The minimum Gasteiger partial charge on any atom is -0.493 e. The largest absolute Gasteiger partial charge is 0.493 e. The predicted octanol–water partition coefficient (Wildman–Crippen LogP) is 3.79. The van der Waals surface area contributed by atoms with Gasteiger partial charge in [-0.2, -0.15) is 0 Å². The second-order valence-electron chi connectivity index (χ2n) is 6.02. The van der Waals surface area contributed by atoms with E-state index in [9.17, 15) is 0 Å². The van der Waals surface area contributed by atoms with Crippen LogP contribution in [-0.4, -0.2) is 20.3 Å². The molecule has 1 aromatic rings. The van der Waals surface area contributed by atoms with Crippen molar-refractivity contribution in [3.63, 3.8) is 0 Å². The summed E-state index contributed by atoms with van der Waals surface area (Å²) in [6, 6.07) is 7.11. The van der Waals surface area contributed by atoms with Crippen molar-refractivity contribution < 1.29 is 9.47 Å². The molecule has 112 valence electrons. The standard InChI is InChI=1S/C17H27NO2/c1-11-6-8-15(12(11)2)18-13(3)14-7-9-16(19-4)17(10-14)20-5/h7,9-13,15,18H,6,8H2,1-5H3. The zero-order valence-corrected chi connectivity index (χ0v) is 13.3. The summed E-state index contributed by atoms with van der Waals surface area (Å²) in [5.41, 5.74) is 1.24. The van der Waals surface area contributed by atoms with Crippen molar-refractivity contribution in [1.82, 2.24) is 5.32 Å². The van der Waals surface area contributed by atoms with Crippen LogP contribution in [0, 0.1) is 11.8 Å². The van der Waals surface area contributed by atoms with Gasteiger partial charge in [-0.15, -0.1) is 0 Å². The van der Waals surface area contributed by atoms with E-state index in [1.165, 1.54) is 18.4 Å². The molecule has 0 amide bonds. The van der Waals surface area contributed by atoms with Crippen LogP contribution < -0.4 is 14.8 Å². The van der Waals surface area contributed by atoms with E-state index < -0.39 is 0 Å². The van der Waals surface area contributed by atoms with Gasteiger partial charge in [0.15, 0.2) is 11.5 Å². The molecule has 1 fully saturated rings. The van der Waals surface area contributed by atoms with Crippen molar-refractivity contribution in [2.45, 2.75) is 45.7 Å². The molecule has 0 aromatic heterocycles. The molecule has 0 bridgehead atoms. The van der Waals surface area contributed by atoms with Crippen LogP contribution in [0.5, 0.6) is 11.5 Å². The molecule has 4 unspecified atom stereocenters. The highest BCUT2D eigenvalue weighted by Crippen LogP contribution is 2.34. The van der Waals surface area contributed by atoms with Crippen LogP contribution in [0.1, 0.15) is 45.2 Å². The molecular weight excluding hydrogens is 250 g/mol. The molecule has 1 N–H and O–H groups in total. The average Bonchev–Trinajstić information content (AvgIpc) is 2.78. The van der Waals surface area contributed by atoms with Gasteiger partial charge < -0.3 is 14.8 Å². The molecule has 2 rings (SSSR count). The Labute approximate surface area is 122 Å². The first-order valence-corrected chi connectivity index (χ1v) is 7.54. The minimum absolute atomic E-state index is 0.326. The van der Waals surface area contributed by atoms with Gasteiger partial charge in [0, 0.05) is 12.1 Å². The Morgan fingerprint density at radius 2 is 1.80 bits per heavy atom. The summed E-state index contributed by atoms with van der Waals surface area (Å²) in [4.78, 5) is 0. The van der Waals surface area contributed by atoms with Gasteiger partial charge in [0.25, 0.3) is 0 Å². The molecule has 1 aliphatic rings. The van der Waals surface area contributed by atoms with Crippen molar-refractivity contribution in [1.29, 1.82) is 0 Å². The second kappa shape index (κ2) is 6.49. The average molecular weight is 277 g/mol. The number of benzene rings is 1. The topological polar surface area (TPSA) is 30.5 Å². The van der Waals surface area contributed by atoms with E-state index in [1.54, 1.807) is 14.2 Å². The fourth-order valence-electron chi connectivity index (χ4n) is 3.14. The first-order valence-electron chi connectivity index (χ1n) is 7.54. The van der Waals surface area contributed by atoms with Crippen LogP contribution in [0.25, 0.3) is 0 Å². The van der Waals surface area contributed by atoms with Gasteiger partial charge in [0.05, 0.1) is 14.2 Å². The zero-order chi connectivity index (χ0) is 14.7. The molecule has 1 aliphatic carbocycles. The lowest BCUT2D eigenvalue weighted by atomic mass is 9.96. The molecular formula is C17H27NO2. The lowest BCUT2D eigenvalue weighted by Gasteiger charge is -2.25. The number of hydrogen-bond donors (Lipinski definition) is 1. The van der Waals surface area contributed by atoms with E-state index in [0.717, 1.165) is 23.3 Å². The first-order chi connectivity index (χ1) is 9.56. The number of hydrogen-bond acceptors (Lipinski definition) is 3.